The van der Waals surface area contributed by atoms with Crippen LogP contribution >= 0.6 is 36.2 Å². The van der Waals surface area contributed by atoms with Gasteiger partial charge in [0.05, 0.1) is 6.54 Å². The maximum absolute atomic E-state index is 12.6. The van der Waals surface area contributed by atoms with Crippen molar-refractivity contribution in [3.63, 3.8) is 0 Å². The quantitative estimate of drug-likeness (QED) is 0.894. The summed E-state index contributed by atoms with van der Waals surface area (Å²) in [6.07, 6.45) is 7.47. The van der Waals surface area contributed by atoms with Crippen molar-refractivity contribution in [2.45, 2.75) is 44.7 Å². The molecule has 1 heterocycles. The molecule has 1 aromatic heterocycles. The van der Waals surface area contributed by atoms with Gasteiger partial charge in [0, 0.05) is 30.6 Å². The second kappa shape index (κ2) is 8.48. The molecule has 2 atom stereocenters. The molecular weight excluding hydrogens is 341 g/mol. The largest absolute Gasteiger partial charge is 0.339 e. The Morgan fingerprint density at radius 2 is 2.00 bits per heavy atom. The molecule has 22 heavy (non-hydrogen) atoms. The topological polar surface area (TPSA) is 59.2 Å². The van der Waals surface area contributed by atoms with E-state index in [4.69, 9.17) is 5.73 Å². The summed E-state index contributed by atoms with van der Waals surface area (Å²) in [7, 11) is 1.90. The molecule has 126 valence electrons. The van der Waals surface area contributed by atoms with Crippen molar-refractivity contribution in [1.29, 1.82) is 0 Å². The molecule has 0 spiro atoms. The predicted octanol–water partition coefficient (Wildman–Crippen LogP) is 3.10. The Morgan fingerprint density at radius 3 is 2.55 bits per heavy atom. The fraction of sp³-hybridized carbons (Fsp3) is 0.733. The number of thiazole rings is 1. The Labute approximate surface area is 148 Å². The molecule has 0 radical (unpaired) electrons. The first-order chi connectivity index (χ1) is 9.65. The van der Waals surface area contributed by atoms with Crippen molar-refractivity contribution in [2.75, 3.05) is 7.05 Å². The second-order valence-corrected chi connectivity index (χ2v) is 7.30. The molecule has 0 aliphatic heterocycles. The highest BCUT2D eigenvalue weighted by molar-refractivity contribution is 7.09. The van der Waals surface area contributed by atoms with Crippen LogP contribution in [-0.4, -0.2) is 28.9 Å². The van der Waals surface area contributed by atoms with Crippen molar-refractivity contribution in [3.05, 3.63) is 16.6 Å². The zero-order valence-corrected chi connectivity index (χ0v) is 15.3. The van der Waals surface area contributed by atoms with Crippen LogP contribution in [0.3, 0.4) is 0 Å². The fourth-order valence-electron chi connectivity index (χ4n) is 3.91. The Morgan fingerprint density at radius 1 is 1.36 bits per heavy atom. The van der Waals surface area contributed by atoms with Gasteiger partial charge < -0.3 is 10.6 Å². The molecule has 1 aromatic rings. The summed E-state index contributed by atoms with van der Waals surface area (Å²) in [5.74, 6) is 1.58. The van der Waals surface area contributed by atoms with E-state index in [0.717, 1.165) is 17.8 Å². The number of fused-ring (bicyclic) bond motifs is 2. The lowest BCUT2D eigenvalue weighted by atomic mass is 9.65. The third kappa shape index (κ3) is 4.13. The van der Waals surface area contributed by atoms with Crippen LogP contribution in [0.1, 0.15) is 37.1 Å². The number of nitrogens with two attached hydrogens (primary N) is 1. The summed E-state index contributed by atoms with van der Waals surface area (Å²) in [6, 6.07) is 0.331. The van der Waals surface area contributed by atoms with E-state index in [1.165, 1.54) is 19.3 Å². The van der Waals surface area contributed by atoms with E-state index in [2.05, 4.69) is 4.98 Å². The zero-order valence-electron chi connectivity index (χ0n) is 12.8. The number of halogens is 2. The molecule has 7 heteroatoms. The summed E-state index contributed by atoms with van der Waals surface area (Å²) >= 11 is 1.61. The van der Waals surface area contributed by atoms with E-state index in [9.17, 15) is 4.79 Å². The number of hydrogen-bond acceptors (Lipinski definition) is 4. The third-order valence-corrected chi connectivity index (χ3v) is 5.76. The van der Waals surface area contributed by atoms with Crippen LogP contribution < -0.4 is 5.73 Å². The Bertz CT molecular complexity index is 457. The number of carbonyl (C=O) groups is 1. The maximum Gasteiger partial charge on any atom is 0.225 e. The minimum absolute atomic E-state index is 0. The van der Waals surface area contributed by atoms with E-state index >= 15 is 0 Å². The van der Waals surface area contributed by atoms with Crippen LogP contribution in [0.4, 0.5) is 0 Å². The highest BCUT2D eigenvalue weighted by atomic mass is 35.5. The SMILES string of the molecule is CN(Cc1nccs1)C(=O)C1CC2CCCC(C1)C2N.Cl.Cl. The molecule has 2 saturated carbocycles. The summed E-state index contributed by atoms with van der Waals surface area (Å²) in [4.78, 5) is 18.7. The molecule has 3 rings (SSSR count). The third-order valence-electron chi connectivity index (χ3n) is 4.99. The van der Waals surface area contributed by atoms with Gasteiger partial charge in [-0.05, 0) is 37.5 Å². The van der Waals surface area contributed by atoms with Crippen LogP contribution in [0.15, 0.2) is 11.6 Å². The minimum atomic E-state index is 0. The summed E-state index contributed by atoms with van der Waals surface area (Å²) in [6.45, 7) is 0.633. The lowest BCUT2D eigenvalue weighted by Gasteiger charge is -2.44. The Hall–Kier alpha value is -0.360. The first-order valence-corrected chi connectivity index (χ1v) is 8.42. The highest BCUT2D eigenvalue weighted by Gasteiger charge is 2.41. The number of amides is 1. The monoisotopic (exact) mass is 365 g/mol. The van der Waals surface area contributed by atoms with Crippen molar-refractivity contribution >= 4 is 42.1 Å². The van der Waals surface area contributed by atoms with E-state index in [1.54, 1.807) is 17.5 Å². The Balaban J connectivity index is 0.00000121. The molecular formula is C15H25Cl2N3OS. The lowest BCUT2D eigenvalue weighted by molar-refractivity contribution is -0.137. The standard InChI is InChI=1S/C15H23N3OS.2ClH/c1-18(9-13-17-5-6-20-13)15(19)12-7-10-3-2-4-11(8-12)14(10)16;;/h5-6,10-12,14H,2-4,7-9,16H2,1H3;2*1H. The molecule has 1 amide bonds. The number of carbonyl (C=O) groups excluding carboxylic acids is 1. The van der Waals surface area contributed by atoms with E-state index in [0.29, 0.717) is 24.4 Å². The van der Waals surface area contributed by atoms with E-state index < -0.39 is 0 Å². The van der Waals surface area contributed by atoms with Gasteiger partial charge in [0.1, 0.15) is 5.01 Å². The first-order valence-electron chi connectivity index (χ1n) is 7.54. The molecule has 4 nitrogen and oxygen atoms in total. The van der Waals surface area contributed by atoms with Gasteiger partial charge in [-0.3, -0.25) is 4.79 Å². The van der Waals surface area contributed by atoms with Crippen LogP contribution in [-0.2, 0) is 11.3 Å². The molecule has 0 aromatic carbocycles. The molecule has 0 saturated heterocycles. The van der Waals surface area contributed by atoms with Gasteiger partial charge in [0.2, 0.25) is 5.91 Å². The normalized spacial score (nSPS) is 29.9. The lowest BCUT2D eigenvalue weighted by Crippen LogP contribution is -2.49. The van der Waals surface area contributed by atoms with Crippen molar-refractivity contribution in [2.24, 2.45) is 23.5 Å². The molecule has 2 aliphatic rings. The smallest absolute Gasteiger partial charge is 0.225 e. The molecule has 2 bridgehead atoms. The van der Waals surface area contributed by atoms with Crippen molar-refractivity contribution in [1.82, 2.24) is 9.88 Å². The average molecular weight is 366 g/mol. The number of rotatable bonds is 3. The van der Waals surface area contributed by atoms with Gasteiger partial charge in [-0.1, -0.05) is 6.42 Å². The second-order valence-electron chi connectivity index (χ2n) is 6.32. The number of hydrogen-bond donors (Lipinski definition) is 1. The van der Waals surface area contributed by atoms with Crippen LogP contribution in [0, 0.1) is 17.8 Å². The number of aromatic nitrogens is 1. The highest BCUT2D eigenvalue weighted by Crippen LogP contribution is 2.42. The van der Waals surface area contributed by atoms with Gasteiger partial charge >= 0.3 is 0 Å². The van der Waals surface area contributed by atoms with E-state index in [-0.39, 0.29) is 36.6 Å². The van der Waals surface area contributed by atoms with Gasteiger partial charge in [0.15, 0.2) is 0 Å². The number of nitrogens with zero attached hydrogens (tertiary/aromatic N) is 2. The van der Waals surface area contributed by atoms with Crippen molar-refractivity contribution in [3.8, 4) is 0 Å². The predicted molar refractivity (Wildman–Crippen MR) is 94.6 cm³/mol. The Kier molecular flexibility index (Phi) is 7.59. The van der Waals surface area contributed by atoms with Gasteiger partial charge in [-0.2, -0.15) is 0 Å². The molecule has 2 aliphatic carbocycles. The maximum atomic E-state index is 12.6. The van der Waals surface area contributed by atoms with Gasteiger partial charge in [0.25, 0.3) is 0 Å². The van der Waals surface area contributed by atoms with Crippen molar-refractivity contribution < 1.29 is 4.79 Å². The molecule has 2 fully saturated rings. The molecule has 2 N–H and O–H groups in total. The summed E-state index contributed by atoms with van der Waals surface area (Å²) in [5.41, 5.74) is 6.30. The van der Waals surface area contributed by atoms with Gasteiger partial charge in [-0.15, -0.1) is 36.2 Å². The summed E-state index contributed by atoms with van der Waals surface area (Å²) in [5, 5.41) is 2.96. The zero-order chi connectivity index (χ0) is 14.1. The first kappa shape index (κ1) is 19.7. The average Bonchev–Trinajstić information content (AvgIpc) is 2.90. The van der Waals surface area contributed by atoms with E-state index in [1.807, 2.05) is 17.3 Å². The van der Waals surface area contributed by atoms with Crippen LogP contribution in [0.2, 0.25) is 0 Å². The van der Waals surface area contributed by atoms with Crippen LogP contribution in [0.25, 0.3) is 0 Å². The molecule has 2 unspecified atom stereocenters. The van der Waals surface area contributed by atoms with Crippen LogP contribution in [0.5, 0.6) is 0 Å². The summed E-state index contributed by atoms with van der Waals surface area (Å²) < 4.78 is 0. The fourth-order valence-corrected chi connectivity index (χ4v) is 4.58. The van der Waals surface area contributed by atoms with Gasteiger partial charge in [-0.25, -0.2) is 4.98 Å². The minimum Gasteiger partial charge on any atom is -0.339 e.